The average molecular weight is 216 g/mol. The van der Waals surface area contributed by atoms with E-state index in [9.17, 15) is 4.79 Å². The van der Waals surface area contributed by atoms with Crippen molar-refractivity contribution in [3.8, 4) is 0 Å². The van der Waals surface area contributed by atoms with Crippen molar-refractivity contribution < 1.29 is 4.79 Å². The van der Waals surface area contributed by atoms with E-state index in [4.69, 9.17) is 0 Å². The molecule has 2 aliphatic rings. The van der Waals surface area contributed by atoms with Gasteiger partial charge < -0.3 is 0 Å². The molecular formula is C8H12N2OS2. The first-order valence-corrected chi connectivity index (χ1v) is 6.01. The van der Waals surface area contributed by atoms with E-state index in [-0.39, 0.29) is 5.91 Å². The van der Waals surface area contributed by atoms with Crippen LogP contribution in [0.15, 0.2) is 4.99 Å². The van der Waals surface area contributed by atoms with Crippen LogP contribution in [0.5, 0.6) is 0 Å². The summed E-state index contributed by atoms with van der Waals surface area (Å²) in [6, 6.07) is 0. The summed E-state index contributed by atoms with van der Waals surface area (Å²) < 4.78 is 0. The molecule has 1 fully saturated rings. The van der Waals surface area contributed by atoms with Gasteiger partial charge in [-0.1, -0.05) is 11.8 Å². The molecule has 0 radical (unpaired) electrons. The molecular weight excluding hydrogens is 204 g/mol. The molecule has 0 N–H and O–H groups in total. The van der Waals surface area contributed by atoms with E-state index >= 15 is 0 Å². The maximum absolute atomic E-state index is 11.5. The Bertz CT molecular complexity index is 255. The number of amidine groups is 1. The number of nitrogens with zero attached hydrogens (tertiary/aromatic N) is 2. The predicted octanol–water partition coefficient (Wildman–Crippen LogP) is 0.867. The van der Waals surface area contributed by atoms with Crippen LogP contribution in [0.25, 0.3) is 0 Å². The molecule has 2 rings (SSSR count). The van der Waals surface area contributed by atoms with Gasteiger partial charge in [-0.2, -0.15) is 12.6 Å². The summed E-state index contributed by atoms with van der Waals surface area (Å²) in [7, 11) is 0. The standard InChI is InChI=1S/C8H12N2OS2/c11-7-3-6(5-12)4-10(7)8-9-1-2-13-8/h6,12H,1-5H2. The van der Waals surface area contributed by atoms with Crippen molar-refractivity contribution in [2.45, 2.75) is 6.42 Å². The summed E-state index contributed by atoms with van der Waals surface area (Å²) in [6.07, 6.45) is 0.642. The molecule has 13 heavy (non-hydrogen) atoms. The summed E-state index contributed by atoms with van der Waals surface area (Å²) in [4.78, 5) is 17.6. The first-order chi connectivity index (χ1) is 6.31. The number of thioether (sulfide) groups is 1. The van der Waals surface area contributed by atoms with E-state index in [1.165, 1.54) is 0 Å². The Morgan fingerprint density at radius 3 is 3.08 bits per heavy atom. The Hall–Kier alpha value is -0.160. The quantitative estimate of drug-likeness (QED) is 0.660. The molecule has 5 heteroatoms. The maximum Gasteiger partial charge on any atom is 0.228 e. The summed E-state index contributed by atoms with van der Waals surface area (Å²) in [6.45, 7) is 1.67. The lowest BCUT2D eigenvalue weighted by Gasteiger charge is -2.14. The minimum Gasteiger partial charge on any atom is -0.291 e. The molecule has 1 amide bonds. The van der Waals surface area contributed by atoms with Crippen molar-refractivity contribution in [2.75, 3.05) is 24.6 Å². The molecule has 0 aromatic rings. The highest BCUT2D eigenvalue weighted by Gasteiger charge is 2.32. The van der Waals surface area contributed by atoms with Crippen molar-refractivity contribution in [3.63, 3.8) is 0 Å². The zero-order valence-corrected chi connectivity index (χ0v) is 8.98. The number of thiol groups is 1. The van der Waals surface area contributed by atoms with Gasteiger partial charge in [0.1, 0.15) is 0 Å². The molecule has 1 saturated heterocycles. The second kappa shape index (κ2) is 3.92. The van der Waals surface area contributed by atoms with Crippen LogP contribution >= 0.6 is 24.4 Å². The highest BCUT2D eigenvalue weighted by molar-refractivity contribution is 8.14. The van der Waals surface area contributed by atoms with E-state index in [0.717, 1.165) is 29.8 Å². The summed E-state index contributed by atoms with van der Waals surface area (Å²) >= 11 is 5.90. The fraction of sp³-hybridized carbons (Fsp3) is 0.750. The molecule has 1 unspecified atom stereocenters. The largest absolute Gasteiger partial charge is 0.291 e. The number of hydrogen-bond donors (Lipinski definition) is 1. The minimum atomic E-state index is 0.215. The zero-order chi connectivity index (χ0) is 9.26. The van der Waals surface area contributed by atoms with E-state index in [2.05, 4.69) is 17.6 Å². The fourth-order valence-electron chi connectivity index (χ4n) is 1.58. The summed E-state index contributed by atoms with van der Waals surface area (Å²) in [5.41, 5.74) is 0. The third kappa shape index (κ3) is 1.86. The van der Waals surface area contributed by atoms with Crippen molar-refractivity contribution in [2.24, 2.45) is 10.9 Å². The first-order valence-electron chi connectivity index (χ1n) is 4.39. The van der Waals surface area contributed by atoms with Gasteiger partial charge in [-0.15, -0.1) is 0 Å². The molecule has 0 aromatic carbocycles. The van der Waals surface area contributed by atoms with E-state index < -0.39 is 0 Å². The van der Waals surface area contributed by atoms with Gasteiger partial charge in [0.2, 0.25) is 5.91 Å². The predicted molar refractivity (Wildman–Crippen MR) is 58.4 cm³/mol. The second-order valence-electron chi connectivity index (χ2n) is 3.27. The van der Waals surface area contributed by atoms with Crippen LogP contribution in [-0.4, -0.2) is 40.6 Å². The Morgan fingerprint density at radius 2 is 2.54 bits per heavy atom. The zero-order valence-electron chi connectivity index (χ0n) is 7.27. The molecule has 0 aliphatic carbocycles. The Kier molecular flexibility index (Phi) is 2.83. The SMILES string of the molecule is O=C1CC(CS)CN1C1=NCCS1. The molecule has 3 nitrogen and oxygen atoms in total. The number of likely N-dealkylation sites (tertiary alicyclic amines) is 1. The molecule has 0 spiro atoms. The van der Waals surface area contributed by atoms with Gasteiger partial charge in [0.25, 0.3) is 0 Å². The lowest BCUT2D eigenvalue weighted by atomic mass is 10.1. The maximum atomic E-state index is 11.5. The Labute approximate surface area is 87.4 Å². The van der Waals surface area contributed by atoms with Crippen molar-refractivity contribution in [1.29, 1.82) is 0 Å². The number of carbonyl (C=O) groups is 1. The number of amides is 1. The van der Waals surface area contributed by atoms with Gasteiger partial charge in [-0.05, 0) is 11.7 Å². The molecule has 2 aliphatic heterocycles. The van der Waals surface area contributed by atoms with Gasteiger partial charge in [-0.25, -0.2) is 0 Å². The molecule has 72 valence electrons. The molecule has 2 heterocycles. The minimum absolute atomic E-state index is 0.215. The first kappa shape index (κ1) is 9.40. The van der Waals surface area contributed by atoms with Crippen LogP contribution in [-0.2, 0) is 4.79 Å². The van der Waals surface area contributed by atoms with Gasteiger partial charge >= 0.3 is 0 Å². The van der Waals surface area contributed by atoms with Crippen LogP contribution in [0.3, 0.4) is 0 Å². The summed E-state index contributed by atoms with van der Waals surface area (Å²) in [5.74, 6) is 2.44. The van der Waals surface area contributed by atoms with Crippen LogP contribution in [0.4, 0.5) is 0 Å². The average Bonchev–Trinajstić information content (AvgIpc) is 2.72. The third-order valence-electron chi connectivity index (χ3n) is 2.26. The van der Waals surface area contributed by atoms with E-state index in [1.54, 1.807) is 11.8 Å². The molecule has 0 bridgehead atoms. The van der Waals surface area contributed by atoms with Crippen molar-refractivity contribution in [3.05, 3.63) is 0 Å². The van der Waals surface area contributed by atoms with Gasteiger partial charge in [0, 0.05) is 18.7 Å². The number of hydrogen-bond acceptors (Lipinski definition) is 4. The monoisotopic (exact) mass is 216 g/mol. The topological polar surface area (TPSA) is 32.7 Å². The van der Waals surface area contributed by atoms with Crippen LogP contribution in [0.1, 0.15) is 6.42 Å². The Balaban J connectivity index is 2.04. The van der Waals surface area contributed by atoms with Crippen molar-refractivity contribution in [1.82, 2.24) is 4.90 Å². The highest BCUT2D eigenvalue weighted by atomic mass is 32.2. The van der Waals surface area contributed by atoms with Gasteiger partial charge in [0.15, 0.2) is 5.17 Å². The molecule has 0 aromatic heterocycles. The molecule has 0 saturated carbocycles. The summed E-state index contributed by atoms with van der Waals surface area (Å²) in [5, 5.41) is 0.925. The lowest BCUT2D eigenvalue weighted by molar-refractivity contribution is -0.124. The van der Waals surface area contributed by atoms with Gasteiger partial charge in [0.05, 0.1) is 6.54 Å². The van der Waals surface area contributed by atoms with E-state index in [1.807, 2.05) is 4.90 Å². The smallest absolute Gasteiger partial charge is 0.228 e. The lowest BCUT2D eigenvalue weighted by Crippen LogP contribution is -2.29. The van der Waals surface area contributed by atoms with Crippen LogP contribution in [0, 0.1) is 5.92 Å². The Morgan fingerprint density at radius 1 is 1.69 bits per heavy atom. The van der Waals surface area contributed by atoms with Gasteiger partial charge in [-0.3, -0.25) is 14.7 Å². The molecule has 1 atom stereocenters. The third-order valence-corrected chi connectivity index (χ3v) is 3.77. The van der Waals surface area contributed by atoms with Crippen molar-refractivity contribution >= 4 is 35.5 Å². The number of aliphatic imine (C=N–C) groups is 1. The second-order valence-corrected chi connectivity index (χ2v) is 4.70. The fourth-order valence-corrected chi connectivity index (χ4v) is 2.70. The van der Waals surface area contributed by atoms with E-state index in [0.29, 0.717) is 12.3 Å². The number of carbonyl (C=O) groups excluding carboxylic acids is 1. The van der Waals surface area contributed by atoms with Crippen LogP contribution < -0.4 is 0 Å². The van der Waals surface area contributed by atoms with Crippen LogP contribution in [0.2, 0.25) is 0 Å². The highest BCUT2D eigenvalue weighted by Crippen LogP contribution is 2.24. The normalized spacial score (nSPS) is 28.4. The number of rotatable bonds is 1.